The Bertz CT molecular complexity index is 808. The zero-order valence-electron chi connectivity index (χ0n) is 11.6. The monoisotopic (exact) mass is 358 g/mol. The Hall–Kier alpha value is -2.40. The molecule has 0 saturated heterocycles. The van der Waals surface area contributed by atoms with E-state index in [1.807, 2.05) is 24.3 Å². The van der Waals surface area contributed by atoms with Crippen molar-refractivity contribution >= 4 is 33.8 Å². The van der Waals surface area contributed by atoms with Crippen LogP contribution < -0.4 is 9.47 Å². The highest BCUT2D eigenvalue weighted by atomic mass is 79.9. The second-order valence-electron chi connectivity index (χ2n) is 4.75. The van der Waals surface area contributed by atoms with E-state index in [4.69, 9.17) is 9.47 Å². The Balaban J connectivity index is 1.92. The van der Waals surface area contributed by atoms with Crippen LogP contribution in [-0.2, 0) is 4.79 Å². The van der Waals surface area contributed by atoms with Gasteiger partial charge < -0.3 is 9.47 Å². The molecule has 0 aromatic heterocycles. The van der Waals surface area contributed by atoms with Crippen LogP contribution in [0.1, 0.15) is 22.8 Å². The molecule has 4 nitrogen and oxygen atoms in total. The second kappa shape index (κ2) is 5.77. The SMILES string of the molecule is CC(=O)Oc1ccc2c(c1)O/C(=C/c1cccc(Br)c1)C2=O. The van der Waals surface area contributed by atoms with E-state index in [0.29, 0.717) is 17.1 Å². The molecule has 2 aromatic rings. The summed E-state index contributed by atoms with van der Waals surface area (Å²) in [5.41, 5.74) is 1.31. The minimum absolute atomic E-state index is 0.190. The van der Waals surface area contributed by atoms with Crippen molar-refractivity contribution in [3.63, 3.8) is 0 Å². The number of carbonyl (C=O) groups is 2. The Labute approximate surface area is 135 Å². The number of esters is 1. The first-order chi connectivity index (χ1) is 10.5. The Morgan fingerprint density at radius 1 is 1.23 bits per heavy atom. The number of hydrogen-bond acceptors (Lipinski definition) is 4. The number of halogens is 1. The van der Waals surface area contributed by atoms with Gasteiger partial charge in [0.05, 0.1) is 5.56 Å². The van der Waals surface area contributed by atoms with Crippen LogP contribution in [0.5, 0.6) is 11.5 Å². The van der Waals surface area contributed by atoms with E-state index in [0.717, 1.165) is 10.0 Å². The first-order valence-corrected chi connectivity index (χ1v) is 7.34. The average molecular weight is 359 g/mol. The van der Waals surface area contributed by atoms with Gasteiger partial charge in [-0.1, -0.05) is 28.1 Å². The van der Waals surface area contributed by atoms with Gasteiger partial charge in [0.1, 0.15) is 11.5 Å². The van der Waals surface area contributed by atoms with Crippen LogP contribution in [0.3, 0.4) is 0 Å². The lowest BCUT2D eigenvalue weighted by atomic mass is 10.1. The summed E-state index contributed by atoms with van der Waals surface area (Å²) in [7, 11) is 0. The van der Waals surface area contributed by atoms with Crippen molar-refractivity contribution in [2.45, 2.75) is 6.92 Å². The number of fused-ring (bicyclic) bond motifs is 1. The van der Waals surface area contributed by atoms with E-state index < -0.39 is 5.97 Å². The number of rotatable bonds is 2. The molecule has 0 bridgehead atoms. The van der Waals surface area contributed by atoms with Gasteiger partial charge in [-0.05, 0) is 35.9 Å². The Morgan fingerprint density at radius 3 is 2.77 bits per heavy atom. The third-order valence-corrected chi connectivity index (χ3v) is 3.54. The molecule has 0 atom stereocenters. The summed E-state index contributed by atoms with van der Waals surface area (Å²) in [4.78, 5) is 23.3. The quantitative estimate of drug-likeness (QED) is 0.462. The second-order valence-corrected chi connectivity index (χ2v) is 5.66. The largest absolute Gasteiger partial charge is 0.452 e. The number of hydrogen-bond donors (Lipinski definition) is 0. The maximum Gasteiger partial charge on any atom is 0.308 e. The van der Waals surface area contributed by atoms with E-state index >= 15 is 0 Å². The number of carbonyl (C=O) groups excluding carboxylic acids is 2. The fourth-order valence-electron chi connectivity index (χ4n) is 2.14. The topological polar surface area (TPSA) is 52.6 Å². The number of allylic oxidation sites excluding steroid dienone is 1. The summed E-state index contributed by atoms with van der Waals surface area (Å²) in [5.74, 6) is 0.374. The first kappa shape index (κ1) is 14.5. The van der Waals surface area contributed by atoms with Gasteiger partial charge in [0.25, 0.3) is 0 Å². The third-order valence-electron chi connectivity index (χ3n) is 3.05. The van der Waals surface area contributed by atoms with Crippen molar-refractivity contribution in [1.29, 1.82) is 0 Å². The molecule has 0 saturated carbocycles. The van der Waals surface area contributed by atoms with Crippen molar-refractivity contribution in [2.75, 3.05) is 0 Å². The Morgan fingerprint density at radius 2 is 2.05 bits per heavy atom. The molecule has 0 spiro atoms. The number of ether oxygens (including phenoxy) is 2. The molecule has 5 heteroatoms. The minimum atomic E-state index is -0.422. The van der Waals surface area contributed by atoms with E-state index in [-0.39, 0.29) is 11.5 Å². The lowest BCUT2D eigenvalue weighted by Crippen LogP contribution is -2.01. The predicted octanol–water partition coefficient (Wildman–Crippen LogP) is 3.99. The van der Waals surface area contributed by atoms with Crippen molar-refractivity contribution in [3.8, 4) is 11.5 Å². The predicted molar refractivity (Wildman–Crippen MR) is 84.8 cm³/mol. The van der Waals surface area contributed by atoms with E-state index in [1.165, 1.54) is 13.0 Å². The summed E-state index contributed by atoms with van der Waals surface area (Å²) in [6.45, 7) is 1.32. The van der Waals surface area contributed by atoms with Gasteiger partial charge in [0.2, 0.25) is 5.78 Å². The highest BCUT2D eigenvalue weighted by molar-refractivity contribution is 9.10. The van der Waals surface area contributed by atoms with Crippen LogP contribution in [0.25, 0.3) is 6.08 Å². The molecule has 0 fully saturated rings. The van der Waals surface area contributed by atoms with Crippen LogP contribution >= 0.6 is 15.9 Å². The molecule has 1 aliphatic heterocycles. The average Bonchev–Trinajstić information content (AvgIpc) is 2.74. The van der Waals surface area contributed by atoms with Crippen molar-refractivity contribution in [3.05, 3.63) is 63.8 Å². The van der Waals surface area contributed by atoms with Gasteiger partial charge in [-0.2, -0.15) is 0 Å². The standard InChI is InChI=1S/C17H11BrO4/c1-10(19)21-13-5-6-14-15(9-13)22-16(17(14)20)8-11-3-2-4-12(18)7-11/h2-9H,1H3/b16-8+. The van der Waals surface area contributed by atoms with Crippen LogP contribution in [0, 0.1) is 0 Å². The Kier molecular flexibility index (Phi) is 3.81. The highest BCUT2D eigenvalue weighted by Gasteiger charge is 2.27. The molecule has 22 heavy (non-hydrogen) atoms. The summed E-state index contributed by atoms with van der Waals surface area (Å²) < 4.78 is 11.5. The third kappa shape index (κ3) is 2.94. The number of ketones is 1. The fourth-order valence-corrected chi connectivity index (χ4v) is 2.56. The van der Waals surface area contributed by atoms with Crippen molar-refractivity contribution < 1.29 is 19.1 Å². The van der Waals surface area contributed by atoms with Crippen LogP contribution in [0.4, 0.5) is 0 Å². The van der Waals surface area contributed by atoms with Gasteiger partial charge in [-0.25, -0.2) is 0 Å². The summed E-state index contributed by atoms with van der Waals surface area (Å²) in [6, 6.07) is 12.2. The molecule has 0 aliphatic carbocycles. The van der Waals surface area contributed by atoms with Gasteiger partial charge in [-0.15, -0.1) is 0 Å². The zero-order valence-corrected chi connectivity index (χ0v) is 13.2. The molecule has 110 valence electrons. The van der Waals surface area contributed by atoms with Crippen molar-refractivity contribution in [1.82, 2.24) is 0 Å². The van der Waals surface area contributed by atoms with Gasteiger partial charge in [0, 0.05) is 17.5 Å². The molecule has 0 amide bonds. The molecule has 2 aromatic carbocycles. The smallest absolute Gasteiger partial charge is 0.308 e. The van der Waals surface area contributed by atoms with Crippen LogP contribution in [0.2, 0.25) is 0 Å². The minimum Gasteiger partial charge on any atom is -0.452 e. The molecule has 0 radical (unpaired) electrons. The molecule has 0 unspecified atom stereocenters. The molecule has 1 aliphatic rings. The maximum absolute atomic E-state index is 12.3. The molecule has 1 heterocycles. The van der Waals surface area contributed by atoms with Crippen LogP contribution in [-0.4, -0.2) is 11.8 Å². The van der Waals surface area contributed by atoms with E-state index in [2.05, 4.69) is 15.9 Å². The van der Waals surface area contributed by atoms with Gasteiger partial charge in [-0.3, -0.25) is 9.59 Å². The molecular weight excluding hydrogens is 348 g/mol. The first-order valence-electron chi connectivity index (χ1n) is 6.55. The molecule has 3 rings (SSSR count). The molecular formula is C17H11BrO4. The lowest BCUT2D eigenvalue weighted by Gasteiger charge is -2.02. The fraction of sp³-hybridized carbons (Fsp3) is 0.0588. The number of benzene rings is 2. The summed E-state index contributed by atoms with van der Waals surface area (Å²) in [6.07, 6.45) is 1.68. The lowest BCUT2D eigenvalue weighted by molar-refractivity contribution is -0.131. The van der Waals surface area contributed by atoms with Gasteiger partial charge in [0.15, 0.2) is 5.76 Å². The maximum atomic E-state index is 12.3. The van der Waals surface area contributed by atoms with Crippen LogP contribution in [0.15, 0.2) is 52.7 Å². The normalized spacial score (nSPS) is 14.6. The molecule has 0 N–H and O–H groups in total. The zero-order chi connectivity index (χ0) is 15.7. The van der Waals surface area contributed by atoms with E-state index in [1.54, 1.807) is 18.2 Å². The van der Waals surface area contributed by atoms with E-state index in [9.17, 15) is 9.59 Å². The summed E-state index contributed by atoms with van der Waals surface area (Å²) in [5, 5.41) is 0. The van der Waals surface area contributed by atoms with Gasteiger partial charge >= 0.3 is 5.97 Å². The van der Waals surface area contributed by atoms with Crippen molar-refractivity contribution in [2.24, 2.45) is 0 Å². The highest BCUT2D eigenvalue weighted by Crippen LogP contribution is 2.35. The number of Topliss-reactive ketones (excluding diaryl/α,β-unsaturated/α-hetero) is 1. The summed E-state index contributed by atoms with van der Waals surface area (Å²) >= 11 is 3.38.